The van der Waals surface area contributed by atoms with Gasteiger partial charge in [-0.25, -0.2) is 0 Å². The highest BCUT2D eigenvalue weighted by atomic mass is 16.5. The van der Waals surface area contributed by atoms with Crippen LogP contribution in [0.2, 0.25) is 0 Å². The molecule has 6 heteroatoms. The summed E-state index contributed by atoms with van der Waals surface area (Å²) in [7, 11) is 0. The van der Waals surface area contributed by atoms with Crippen molar-refractivity contribution < 1.29 is 8.94 Å². The zero-order chi connectivity index (χ0) is 15.5. The van der Waals surface area contributed by atoms with E-state index in [1.54, 1.807) is 18.7 Å². The van der Waals surface area contributed by atoms with E-state index in [4.69, 9.17) is 8.94 Å². The number of hydrogen-bond acceptors (Lipinski definition) is 6. The predicted octanol–water partition coefficient (Wildman–Crippen LogP) is 3.45. The van der Waals surface area contributed by atoms with Gasteiger partial charge in [0.1, 0.15) is 5.76 Å². The van der Waals surface area contributed by atoms with Crippen LogP contribution in [0, 0.1) is 0 Å². The lowest BCUT2D eigenvalue weighted by molar-refractivity contribution is 0.103. The van der Waals surface area contributed by atoms with Gasteiger partial charge < -0.3 is 8.94 Å². The van der Waals surface area contributed by atoms with E-state index in [1.807, 2.05) is 24.3 Å². The number of pyridine rings is 1. The summed E-state index contributed by atoms with van der Waals surface area (Å²) in [5.74, 6) is 2.23. The van der Waals surface area contributed by atoms with E-state index >= 15 is 0 Å². The molecular weight excluding hydrogens is 292 g/mol. The van der Waals surface area contributed by atoms with Gasteiger partial charge in [0.05, 0.1) is 18.8 Å². The molecule has 23 heavy (non-hydrogen) atoms. The van der Waals surface area contributed by atoms with E-state index in [0.717, 1.165) is 30.8 Å². The molecule has 4 rings (SSSR count). The molecule has 0 N–H and O–H groups in total. The van der Waals surface area contributed by atoms with Gasteiger partial charge in [-0.1, -0.05) is 11.6 Å². The quantitative estimate of drug-likeness (QED) is 0.735. The molecule has 0 unspecified atom stereocenters. The van der Waals surface area contributed by atoms with Crippen LogP contribution in [0.4, 0.5) is 0 Å². The van der Waals surface area contributed by atoms with Gasteiger partial charge in [0, 0.05) is 18.0 Å². The fourth-order valence-corrected chi connectivity index (χ4v) is 3.05. The molecule has 6 nitrogen and oxygen atoms in total. The molecule has 4 heterocycles. The molecule has 0 aromatic carbocycles. The number of aromatic nitrogens is 3. The Morgan fingerprint density at radius 2 is 2.22 bits per heavy atom. The molecule has 0 amide bonds. The molecule has 1 aliphatic heterocycles. The fourth-order valence-electron chi connectivity index (χ4n) is 3.05. The number of piperidine rings is 1. The summed E-state index contributed by atoms with van der Waals surface area (Å²) >= 11 is 0. The van der Waals surface area contributed by atoms with Gasteiger partial charge in [-0.3, -0.25) is 9.88 Å². The van der Waals surface area contributed by atoms with Crippen molar-refractivity contribution in [2.75, 3.05) is 6.54 Å². The first-order valence-electron chi connectivity index (χ1n) is 7.90. The van der Waals surface area contributed by atoms with Crippen molar-refractivity contribution in [2.24, 2.45) is 0 Å². The van der Waals surface area contributed by atoms with Crippen LogP contribution >= 0.6 is 0 Å². The van der Waals surface area contributed by atoms with E-state index in [1.165, 1.54) is 12.8 Å². The maximum atomic E-state index is 5.55. The van der Waals surface area contributed by atoms with Crippen LogP contribution < -0.4 is 0 Å². The molecule has 3 aromatic rings. The van der Waals surface area contributed by atoms with E-state index in [9.17, 15) is 0 Å². The smallest absolute Gasteiger partial charge is 0.244 e. The Morgan fingerprint density at radius 3 is 3.04 bits per heavy atom. The van der Waals surface area contributed by atoms with Crippen LogP contribution in [0.1, 0.15) is 37.0 Å². The van der Waals surface area contributed by atoms with Crippen LogP contribution in [0.15, 0.2) is 51.9 Å². The molecular formula is C17H18N4O2. The number of hydrogen-bond donors (Lipinski definition) is 0. The van der Waals surface area contributed by atoms with Crippen LogP contribution in [0.25, 0.3) is 11.4 Å². The highest BCUT2D eigenvalue weighted by Crippen LogP contribution is 2.32. The van der Waals surface area contributed by atoms with Crippen molar-refractivity contribution in [3.8, 4) is 11.4 Å². The summed E-state index contributed by atoms with van der Waals surface area (Å²) in [6.45, 7) is 1.78. The summed E-state index contributed by atoms with van der Waals surface area (Å²) in [6.07, 6.45) is 8.56. The largest absolute Gasteiger partial charge is 0.468 e. The second kappa shape index (κ2) is 6.34. The zero-order valence-electron chi connectivity index (χ0n) is 12.8. The van der Waals surface area contributed by atoms with Gasteiger partial charge in [0.25, 0.3) is 0 Å². The first-order valence-corrected chi connectivity index (χ1v) is 7.90. The molecule has 3 aromatic heterocycles. The van der Waals surface area contributed by atoms with Crippen molar-refractivity contribution in [1.29, 1.82) is 0 Å². The topological polar surface area (TPSA) is 68.2 Å². The Kier molecular flexibility index (Phi) is 3.90. The number of likely N-dealkylation sites (tertiary alicyclic amines) is 1. The van der Waals surface area contributed by atoms with Gasteiger partial charge in [0.15, 0.2) is 0 Å². The first kappa shape index (κ1) is 14.1. The van der Waals surface area contributed by atoms with E-state index in [0.29, 0.717) is 11.7 Å². The Bertz CT molecular complexity index is 739. The number of furan rings is 1. The average molecular weight is 310 g/mol. The molecule has 0 radical (unpaired) electrons. The monoisotopic (exact) mass is 310 g/mol. The third kappa shape index (κ3) is 3.03. The first-order chi connectivity index (χ1) is 11.4. The molecule has 0 spiro atoms. The maximum absolute atomic E-state index is 5.55. The lowest BCUT2D eigenvalue weighted by Gasteiger charge is -2.32. The van der Waals surface area contributed by atoms with Crippen molar-refractivity contribution in [3.63, 3.8) is 0 Å². The minimum absolute atomic E-state index is 0.145. The second-order valence-electron chi connectivity index (χ2n) is 5.76. The van der Waals surface area contributed by atoms with Crippen LogP contribution in [-0.4, -0.2) is 26.6 Å². The lowest BCUT2D eigenvalue weighted by atomic mass is 10.0. The predicted molar refractivity (Wildman–Crippen MR) is 83.2 cm³/mol. The normalized spacial score (nSPS) is 19.0. The molecule has 0 saturated carbocycles. The van der Waals surface area contributed by atoms with E-state index in [2.05, 4.69) is 20.0 Å². The summed E-state index contributed by atoms with van der Waals surface area (Å²) in [6, 6.07) is 7.87. The van der Waals surface area contributed by atoms with E-state index in [-0.39, 0.29) is 6.04 Å². The molecule has 0 bridgehead atoms. The summed E-state index contributed by atoms with van der Waals surface area (Å²) in [5, 5.41) is 4.12. The van der Waals surface area contributed by atoms with Gasteiger partial charge in [0.2, 0.25) is 11.7 Å². The fraction of sp³-hybridized carbons (Fsp3) is 0.353. The summed E-state index contributed by atoms with van der Waals surface area (Å²) in [5.41, 5.74) is 0.871. The third-order valence-electron chi connectivity index (χ3n) is 4.20. The Labute approximate surface area is 134 Å². The van der Waals surface area contributed by atoms with Gasteiger partial charge in [-0.05, 0) is 43.7 Å². The number of rotatable bonds is 4. The second-order valence-corrected chi connectivity index (χ2v) is 5.76. The van der Waals surface area contributed by atoms with Crippen molar-refractivity contribution >= 4 is 0 Å². The van der Waals surface area contributed by atoms with Crippen molar-refractivity contribution in [3.05, 3.63) is 54.6 Å². The van der Waals surface area contributed by atoms with Gasteiger partial charge in [-0.2, -0.15) is 4.98 Å². The Hall–Kier alpha value is -2.47. The number of nitrogens with zero attached hydrogens (tertiary/aromatic N) is 4. The minimum atomic E-state index is 0.145. The molecule has 1 fully saturated rings. The lowest BCUT2D eigenvalue weighted by Crippen LogP contribution is -2.33. The maximum Gasteiger partial charge on any atom is 0.244 e. The average Bonchev–Trinajstić information content (AvgIpc) is 3.28. The SMILES string of the molecule is c1cncc(-c2noc([C@H]3CCCCN3Cc3ccco3)n2)c1. The molecule has 1 atom stereocenters. The summed E-state index contributed by atoms with van der Waals surface area (Å²) in [4.78, 5) is 11.0. The highest BCUT2D eigenvalue weighted by Gasteiger charge is 2.29. The Balaban J connectivity index is 1.56. The summed E-state index contributed by atoms with van der Waals surface area (Å²) < 4.78 is 11.0. The van der Waals surface area contributed by atoms with Crippen molar-refractivity contribution in [1.82, 2.24) is 20.0 Å². The van der Waals surface area contributed by atoms with E-state index < -0.39 is 0 Å². The third-order valence-corrected chi connectivity index (χ3v) is 4.20. The zero-order valence-corrected chi connectivity index (χ0v) is 12.8. The molecule has 1 aliphatic rings. The Morgan fingerprint density at radius 1 is 1.22 bits per heavy atom. The molecule has 1 saturated heterocycles. The highest BCUT2D eigenvalue weighted by molar-refractivity contribution is 5.51. The van der Waals surface area contributed by atoms with Gasteiger partial charge >= 0.3 is 0 Å². The van der Waals surface area contributed by atoms with Gasteiger partial charge in [-0.15, -0.1) is 0 Å². The molecule has 0 aliphatic carbocycles. The standard InChI is InChI=1S/C17H18N4O2/c1-2-9-21(12-14-6-4-10-22-14)15(7-1)17-19-16(20-23-17)13-5-3-8-18-11-13/h3-6,8,10-11,15H,1-2,7,9,12H2/t15-/m1/s1. The van der Waals surface area contributed by atoms with Crippen LogP contribution in [0.5, 0.6) is 0 Å². The minimum Gasteiger partial charge on any atom is -0.468 e. The van der Waals surface area contributed by atoms with Crippen LogP contribution in [0.3, 0.4) is 0 Å². The van der Waals surface area contributed by atoms with Crippen LogP contribution in [-0.2, 0) is 6.54 Å². The molecule has 118 valence electrons. The van der Waals surface area contributed by atoms with Crippen molar-refractivity contribution in [2.45, 2.75) is 31.8 Å².